The van der Waals surface area contributed by atoms with Gasteiger partial charge in [-0.25, -0.2) is 9.97 Å². The van der Waals surface area contributed by atoms with Crippen molar-refractivity contribution in [2.24, 2.45) is 0 Å². The fraction of sp³-hybridized carbons (Fsp3) is 0.714. The van der Waals surface area contributed by atoms with Gasteiger partial charge in [0.25, 0.3) is 0 Å². The zero-order valence-corrected chi connectivity index (χ0v) is 10.4. The predicted octanol–water partition coefficient (Wildman–Crippen LogP) is 2.04. The number of nitrogens with one attached hydrogen (secondary N) is 1. The first-order valence-corrected chi connectivity index (χ1v) is 6.99. The minimum absolute atomic E-state index is 0.610. The minimum atomic E-state index is 0.610. The van der Waals surface area contributed by atoms with Gasteiger partial charge in [0, 0.05) is 24.4 Å². The summed E-state index contributed by atoms with van der Waals surface area (Å²) in [5.74, 6) is 1.05. The Hall–Kier alpha value is -0.960. The molecule has 1 saturated heterocycles. The molecule has 17 heavy (non-hydrogen) atoms. The van der Waals surface area contributed by atoms with E-state index in [-0.39, 0.29) is 0 Å². The van der Waals surface area contributed by atoms with Crippen molar-refractivity contribution in [3.8, 4) is 0 Å². The molecule has 0 radical (unpaired) electrons. The molecule has 2 heterocycles. The van der Waals surface area contributed by atoms with E-state index in [4.69, 9.17) is 4.98 Å². The molecule has 3 heteroatoms. The monoisotopic (exact) mass is 231 g/mol. The molecule has 1 aromatic rings. The summed E-state index contributed by atoms with van der Waals surface area (Å²) < 4.78 is 0. The number of aromatic nitrogens is 2. The van der Waals surface area contributed by atoms with E-state index >= 15 is 0 Å². The van der Waals surface area contributed by atoms with E-state index in [1.165, 1.54) is 49.8 Å². The molecule has 1 atom stereocenters. The van der Waals surface area contributed by atoms with Crippen molar-refractivity contribution >= 4 is 0 Å². The average Bonchev–Trinajstić information content (AvgIpc) is 2.73. The van der Waals surface area contributed by atoms with Gasteiger partial charge in [0.05, 0.1) is 0 Å². The molecule has 2 aliphatic rings. The molecule has 0 aromatic carbocycles. The highest BCUT2D eigenvalue weighted by molar-refractivity contribution is 5.19. The fourth-order valence-electron chi connectivity index (χ4n) is 2.94. The van der Waals surface area contributed by atoms with E-state index in [0.29, 0.717) is 6.04 Å². The number of hydrogen-bond donors (Lipinski definition) is 1. The van der Waals surface area contributed by atoms with Gasteiger partial charge in [-0.1, -0.05) is 6.42 Å². The first kappa shape index (κ1) is 11.1. The van der Waals surface area contributed by atoms with Gasteiger partial charge in [-0.2, -0.15) is 0 Å². The molecule has 3 rings (SSSR count). The summed E-state index contributed by atoms with van der Waals surface area (Å²) in [6.07, 6.45) is 11.9. The van der Waals surface area contributed by atoms with Crippen molar-refractivity contribution in [3.05, 3.63) is 23.3 Å². The Balaban J connectivity index is 1.74. The highest BCUT2D eigenvalue weighted by Crippen LogP contribution is 2.19. The summed E-state index contributed by atoms with van der Waals surface area (Å²) in [6.45, 7) is 1.16. The van der Waals surface area contributed by atoms with Crippen LogP contribution in [0.3, 0.4) is 0 Å². The molecule has 0 spiro atoms. The Labute approximate surface area is 103 Å². The van der Waals surface area contributed by atoms with Crippen LogP contribution in [0, 0.1) is 0 Å². The Bertz CT molecular complexity index is 383. The van der Waals surface area contributed by atoms with Crippen LogP contribution < -0.4 is 5.32 Å². The van der Waals surface area contributed by atoms with Crippen LogP contribution >= 0.6 is 0 Å². The van der Waals surface area contributed by atoms with E-state index < -0.39 is 0 Å². The van der Waals surface area contributed by atoms with Gasteiger partial charge in [0.15, 0.2) is 0 Å². The Morgan fingerprint density at radius 2 is 2.12 bits per heavy atom. The van der Waals surface area contributed by atoms with Crippen LogP contribution in [0.4, 0.5) is 0 Å². The standard InChI is InChI=1S/C14H21N3/c1-2-5-11-10-16-14(17-13(11)7-3-1)9-12-6-4-8-15-12/h10,12,15H,1-9H2. The molecule has 1 unspecified atom stereocenters. The van der Waals surface area contributed by atoms with Gasteiger partial charge in [0.1, 0.15) is 5.82 Å². The maximum atomic E-state index is 4.79. The van der Waals surface area contributed by atoms with E-state index in [2.05, 4.69) is 16.5 Å². The summed E-state index contributed by atoms with van der Waals surface area (Å²) in [5, 5.41) is 3.52. The van der Waals surface area contributed by atoms with Crippen LogP contribution in [0.2, 0.25) is 0 Å². The molecule has 1 aliphatic carbocycles. The fourth-order valence-corrected chi connectivity index (χ4v) is 2.94. The first-order chi connectivity index (χ1) is 8.42. The zero-order valence-electron chi connectivity index (χ0n) is 10.4. The summed E-state index contributed by atoms with van der Waals surface area (Å²) in [6, 6.07) is 0.610. The van der Waals surface area contributed by atoms with Crippen LogP contribution in [0.5, 0.6) is 0 Å². The molecule has 0 bridgehead atoms. The quantitative estimate of drug-likeness (QED) is 0.792. The summed E-state index contributed by atoms with van der Waals surface area (Å²) in [4.78, 5) is 9.33. The van der Waals surface area contributed by atoms with Crippen molar-refractivity contribution in [1.82, 2.24) is 15.3 Å². The highest BCUT2D eigenvalue weighted by Gasteiger charge is 2.17. The van der Waals surface area contributed by atoms with Gasteiger partial charge in [0.2, 0.25) is 0 Å². The van der Waals surface area contributed by atoms with Gasteiger partial charge in [-0.05, 0) is 50.6 Å². The van der Waals surface area contributed by atoms with E-state index in [9.17, 15) is 0 Å². The average molecular weight is 231 g/mol. The SMILES string of the molecule is c1nc(CC2CCCN2)nc2c1CCCCC2. The van der Waals surface area contributed by atoms with E-state index in [0.717, 1.165) is 25.2 Å². The van der Waals surface area contributed by atoms with Crippen LogP contribution in [0.15, 0.2) is 6.20 Å². The largest absolute Gasteiger partial charge is 0.314 e. The maximum absolute atomic E-state index is 4.79. The number of nitrogens with zero attached hydrogens (tertiary/aromatic N) is 2. The molecule has 1 fully saturated rings. The molecular weight excluding hydrogens is 210 g/mol. The molecule has 1 aliphatic heterocycles. The van der Waals surface area contributed by atoms with Crippen molar-refractivity contribution < 1.29 is 0 Å². The van der Waals surface area contributed by atoms with E-state index in [1.54, 1.807) is 0 Å². The molecule has 1 aromatic heterocycles. The number of hydrogen-bond acceptors (Lipinski definition) is 3. The lowest BCUT2D eigenvalue weighted by atomic mass is 10.1. The van der Waals surface area contributed by atoms with Gasteiger partial charge < -0.3 is 5.32 Å². The third-order valence-corrected chi connectivity index (χ3v) is 3.96. The second-order valence-corrected chi connectivity index (χ2v) is 5.32. The summed E-state index contributed by atoms with van der Waals surface area (Å²) >= 11 is 0. The minimum Gasteiger partial charge on any atom is -0.314 e. The van der Waals surface area contributed by atoms with Crippen molar-refractivity contribution in [1.29, 1.82) is 0 Å². The number of fused-ring (bicyclic) bond motifs is 1. The molecular formula is C14H21N3. The molecule has 0 amide bonds. The van der Waals surface area contributed by atoms with Gasteiger partial charge >= 0.3 is 0 Å². The Morgan fingerprint density at radius 1 is 1.18 bits per heavy atom. The summed E-state index contributed by atoms with van der Waals surface area (Å²) in [7, 11) is 0. The lowest BCUT2D eigenvalue weighted by Gasteiger charge is -2.11. The van der Waals surface area contributed by atoms with Gasteiger partial charge in [-0.3, -0.25) is 0 Å². The predicted molar refractivity (Wildman–Crippen MR) is 68.0 cm³/mol. The number of aryl methyl sites for hydroxylation is 2. The second kappa shape index (κ2) is 5.13. The van der Waals surface area contributed by atoms with Crippen LogP contribution in [-0.2, 0) is 19.3 Å². The van der Waals surface area contributed by atoms with Crippen molar-refractivity contribution in [2.75, 3.05) is 6.54 Å². The van der Waals surface area contributed by atoms with Crippen LogP contribution in [0.1, 0.15) is 49.2 Å². The Morgan fingerprint density at radius 3 is 3.00 bits per heavy atom. The zero-order chi connectivity index (χ0) is 11.5. The molecule has 92 valence electrons. The number of rotatable bonds is 2. The van der Waals surface area contributed by atoms with Crippen LogP contribution in [-0.4, -0.2) is 22.6 Å². The second-order valence-electron chi connectivity index (χ2n) is 5.32. The third kappa shape index (κ3) is 2.65. The van der Waals surface area contributed by atoms with Gasteiger partial charge in [-0.15, -0.1) is 0 Å². The Kier molecular flexibility index (Phi) is 3.36. The molecule has 0 saturated carbocycles. The molecule has 1 N–H and O–H groups in total. The summed E-state index contributed by atoms with van der Waals surface area (Å²) in [5.41, 5.74) is 2.72. The lowest BCUT2D eigenvalue weighted by molar-refractivity contribution is 0.582. The lowest BCUT2D eigenvalue weighted by Crippen LogP contribution is -2.25. The van der Waals surface area contributed by atoms with Crippen molar-refractivity contribution in [2.45, 2.75) is 57.4 Å². The highest BCUT2D eigenvalue weighted by atomic mass is 15.0. The third-order valence-electron chi connectivity index (χ3n) is 3.96. The van der Waals surface area contributed by atoms with Crippen molar-refractivity contribution in [3.63, 3.8) is 0 Å². The molecule has 3 nitrogen and oxygen atoms in total. The first-order valence-electron chi connectivity index (χ1n) is 6.99. The van der Waals surface area contributed by atoms with Crippen LogP contribution in [0.25, 0.3) is 0 Å². The normalized spacial score (nSPS) is 24.4. The topological polar surface area (TPSA) is 37.8 Å². The van der Waals surface area contributed by atoms with E-state index in [1.807, 2.05) is 0 Å². The smallest absolute Gasteiger partial charge is 0.130 e. The maximum Gasteiger partial charge on any atom is 0.130 e.